The number of nitrogens with one attached hydrogen (secondary N) is 1. The van der Waals surface area contributed by atoms with Gasteiger partial charge in [0, 0.05) is 20.1 Å². The Morgan fingerprint density at radius 1 is 1.21 bits per heavy atom. The molecule has 0 spiro atoms. The predicted octanol–water partition coefficient (Wildman–Crippen LogP) is 0.860. The van der Waals surface area contributed by atoms with E-state index in [0.29, 0.717) is 5.92 Å². The second-order valence-electron chi connectivity index (χ2n) is 5.45. The lowest BCUT2D eigenvalue weighted by Gasteiger charge is -2.28. The Morgan fingerprint density at radius 2 is 1.84 bits per heavy atom. The average molecular weight is 266 g/mol. The van der Waals surface area contributed by atoms with Crippen molar-refractivity contribution in [3.63, 3.8) is 0 Å². The van der Waals surface area contributed by atoms with E-state index in [2.05, 4.69) is 17.3 Å². The summed E-state index contributed by atoms with van der Waals surface area (Å²) < 4.78 is 2.28. The van der Waals surface area contributed by atoms with Crippen LogP contribution in [0.2, 0.25) is 0 Å². The van der Waals surface area contributed by atoms with E-state index in [1.54, 1.807) is 7.05 Å². The monoisotopic (exact) mass is 266 g/mol. The molecule has 6 heteroatoms. The Balaban J connectivity index is 2.19. The Kier molecular flexibility index (Phi) is 4.07. The predicted molar refractivity (Wildman–Crippen MR) is 74.4 cm³/mol. The van der Waals surface area contributed by atoms with E-state index in [1.165, 1.54) is 43.8 Å². The van der Waals surface area contributed by atoms with Crippen molar-refractivity contribution in [2.24, 2.45) is 20.0 Å². The lowest BCUT2D eigenvalue weighted by atomic mass is 9.84. The van der Waals surface area contributed by atoms with Gasteiger partial charge in [0.25, 0.3) is 5.56 Å². The van der Waals surface area contributed by atoms with Crippen LogP contribution in [-0.2, 0) is 14.1 Å². The second-order valence-corrected chi connectivity index (χ2v) is 5.45. The van der Waals surface area contributed by atoms with Crippen molar-refractivity contribution in [1.29, 1.82) is 0 Å². The maximum absolute atomic E-state index is 12.0. The van der Waals surface area contributed by atoms with Crippen molar-refractivity contribution >= 4 is 5.82 Å². The van der Waals surface area contributed by atoms with Crippen LogP contribution in [0.1, 0.15) is 39.0 Å². The summed E-state index contributed by atoms with van der Waals surface area (Å²) in [7, 11) is 3.03. The first-order valence-electron chi connectivity index (χ1n) is 6.91. The molecular weight excluding hydrogens is 244 g/mol. The first-order valence-corrected chi connectivity index (χ1v) is 6.91. The van der Waals surface area contributed by atoms with Crippen LogP contribution in [0.5, 0.6) is 0 Å². The summed E-state index contributed by atoms with van der Waals surface area (Å²) >= 11 is 0. The van der Waals surface area contributed by atoms with Crippen molar-refractivity contribution < 1.29 is 0 Å². The molecule has 0 saturated heterocycles. The quantitative estimate of drug-likeness (QED) is 0.881. The summed E-state index contributed by atoms with van der Waals surface area (Å²) in [5.74, 6) is 0.847. The second kappa shape index (κ2) is 5.59. The Morgan fingerprint density at radius 3 is 2.47 bits per heavy atom. The van der Waals surface area contributed by atoms with Crippen LogP contribution >= 0.6 is 0 Å². The summed E-state index contributed by atoms with van der Waals surface area (Å²) in [5, 5.41) is 7.21. The molecule has 1 atom stereocenters. The summed E-state index contributed by atoms with van der Waals surface area (Å²) in [6, 6.07) is 0.206. The van der Waals surface area contributed by atoms with E-state index in [0.717, 1.165) is 4.57 Å². The van der Waals surface area contributed by atoms with Gasteiger partial charge >= 0.3 is 5.69 Å². The van der Waals surface area contributed by atoms with Gasteiger partial charge in [-0.1, -0.05) is 19.3 Å². The van der Waals surface area contributed by atoms with E-state index < -0.39 is 5.69 Å². The fraction of sp³-hybridized carbons (Fsp3) is 0.769. The SMILES string of the molecule is CC(Nc1nn(C)c(=O)n(C)c1=O)C1CCCCC1. The zero-order chi connectivity index (χ0) is 14.0. The maximum Gasteiger partial charge on any atom is 0.346 e. The molecule has 0 bridgehead atoms. The summed E-state index contributed by atoms with van der Waals surface area (Å²) in [4.78, 5) is 23.5. The molecule has 106 valence electrons. The molecule has 0 radical (unpaired) electrons. The van der Waals surface area contributed by atoms with Gasteiger partial charge in [-0.2, -0.15) is 0 Å². The zero-order valence-electron chi connectivity index (χ0n) is 11.8. The molecule has 1 aliphatic carbocycles. The third-order valence-corrected chi connectivity index (χ3v) is 4.04. The van der Waals surface area contributed by atoms with Crippen molar-refractivity contribution in [3.05, 3.63) is 20.8 Å². The smallest absolute Gasteiger partial charge is 0.346 e. The number of rotatable bonds is 3. The fourth-order valence-corrected chi connectivity index (χ4v) is 2.76. The standard InChI is InChI=1S/C13H22N4O2/c1-9(10-7-5-4-6-8-10)14-11-12(18)16(2)13(19)17(3)15-11/h9-10H,4-8H2,1-3H3,(H,14,15). The Labute approximate surface area is 112 Å². The largest absolute Gasteiger partial charge is 0.361 e. The Hall–Kier alpha value is -1.59. The first-order chi connectivity index (χ1) is 9.00. The molecule has 1 aliphatic rings. The van der Waals surface area contributed by atoms with Gasteiger partial charge in [-0.15, -0.1) is 5.10 Å². The van der Waals surface area contributed by atoms with Crippen LogP contribution in [0, 0.1) is 5.92 Å². The van der Waals surface area contributed by atoms with Crippen LogP contribution in [0.15, 0.2) is 9.59 Å². The van der Waals surface area contributed by atoms with E-state index >= 15 is 0 Å². The topological polar surface area (TPSA) is 68.9 Å². The normalized spacial score (nSPS) is 18.3. The number of anilines is 1. The third-order valence-electron chi connectivity index (χ3n) is 4.04. The molecule has 19 heavy (non-hydrogen) atoms. The van der Waals surface area contributed by atoms with Crippen molar-refractivity contribution in [2.45, 2.75) is 45.1 Å². The molecule has 1 saturated carbocycles. The van der Waals surface area contributed by atoms with Gasteiger partial charge < -0.3 is 5.32 Å². The van der Waals surface area contributed by atoms with Crippen molar-refractivity contribution in [1.82, 2.24) is 14.3 Å². The van der Waals surface area contributed by atoms with Crippen molar-refractivity contribution in [2.75, 3.05) is 5.32 Å². The van der Waals surface area contributed by atoms with E-state index in [4.69, 9.17) is 0 Å². The van der Waals surface area contributed by atoms with Gasteiger partial charge in [0.2, 0.25) is 5.82 Å². The highest BCUT2D eigenvalue weighted by atomic mass is 16.2. The third kappa shape index (κ3) is 2.88. The van der Waals surface area contributed by atoms with Crippen molar-refractivity contribution in [3.8, 4) is 0 Å². The fourth-order valence-electron chi connectivity index (χ4n) is 2.76. The van der Waals surface area contributed by atoms with Gasteiger partial charge in [0.15, 0.2) is 0 Å². The summed E-state index contributed by atoms with van der Waals surface area (Å²) in [6.07, 6.45) is 6.22. The molecule has 1 heterocycles. The lowest BCUT2D eigenvalue weighted by molar-refractivity contribution is 0.327. The summed E-state index contributed by atoms with van der Waals surface area (Å²) in [5.41, 5.74) is -0.758. The molecule has 1 aromatic heterocycles. The molecule has 1 fully saturated rings. The molecule has 1 N–H and O–H groups in total. The highest BCUT2D eigenvalue weighted by Gasteiger charge is 2.21. The van der Waals surface area contributed by atoms with E-state index in [9.17, 15) is 9.59 Å². The highest BCUT2D eigenvalue weighted by Crippen LogP contribution is 2.27. The number of aryl methyl sites for hydroxylation is 1. The zero-order valence-corrected chi connectivity index (χ0v) is 11.8. The first kappa shape index (κ1) is 13.8. The molecule has 6 nitrogen and oxygen atoms in total. The van der Waals surface area contributed by atoms with Gasteiger partial charge in [0.05, 0.1) is 0 Å². The van der Waals surface area contributed by atoms with Gasteiger partial charge in [-0.25, -0.2) is 9.48 Å². The number of nitrogens with zero attached hydrogens (tertiary/aromatic N) is 3. The number of hydrogen-bond acceptors (Lipinski definition) is 4. The van der Waals surface area contributed by atoms with Gasteiger partial charge in [0.1, 0.15) is 0 Å². The molecule has 0 aromatic carbocycles. The van der Waals surface area contributed by atoms with Crippen LogP contribution in [-0.4, -0.2) is 20.4 Å². The molecule has 0 amide bonds. The highest BCUT2D eigenvalue weighted by molar-refractivity contribution is 5.31. The van der Waals surface area contributed by atoms with E-state index in [1.807, 2.05) is 0 Å². The molecule has 1 aromatic rings. The minimum absolute atomic E-state index is 0.206. The molecule has 2 rings (SSSR count). The maximum atomic E-state index is 12.0. The van der Waals surface area contributed by atoms with Gasteiger partial charge in [-0.3, -0.25) is 9.36 Å². The Bertz CT molecular complexity index is 555. The average Bonchev–Trinajstić information content (AvgIpc) is 2.43. The summed E-state index contributed by atoms with van der Waals surface area (Å²) in [6.45, 7) is 2.09. The van der Waals surface area contributed by atoms with Crippen LogP contribution in [0.25, 0.3) is 0 Å². The van der Waals surface area contributed by atoms with Crippen LogP contribution in [0.3, 0.4) is 0 Å². The molecule has 0 aliphatic heterocycles. The minimum atomic E-state index is -0.402. The number of aromatic nitrogens is 3. The van der Waals surface area contributed by atoms with Crippen LogP contribution < -0.4 is 16.6 Å². The number of hydrogen-bond donors (Lipinski definition) is 1. The minimum Gasteiger partial charge on any atom is -0.361 e. The van der Waals surface area contributed by atoms with Gasteiger partial charge in [-0.05, 0) is 25.7 Å². The van der Waals surface area contributed by atoms with E-state index in [-0.39, 0.29) is 17.4 Å². The molecular formula is C13H22N4O2. The molecule has 1 unspecified atom stereocenters. The lowest BCUT2D eigenvalue weighted by Crippen LogP contribution is -2.41. The van der Waals surface area contributed by atoms with Crippen LogP contribution in [0.4, 0.5) is 5.82 Å².